The number of aromatic nitrogens is 4. The van der Waals surface area contributed by atoms with Crippen molar-refractivity contribution in [2.45, 2.75) is 52.6 Å². The molecule has 0 amide bonds. The summed E-state index contributed by atoms with van der Waals surface area (Å²) in [5.74, 6) is 0. The normalized spacial score (nSPS) is 12.8. The zero-order chi connectivity index (χ0) is 14.7. The lowest BCUT2D eigenvalue weighted by Crippen LogP contribution is -2.11. The smallest absolute Gasteiger partial charge is 0.0672 e. The van der Waals surface area contributed by atoms with Crippen molar-refractivity contribution in [3.63, 3.8) is 0 Å². The highest BCUT2D eigenvalue weighted by atomic mass is 15.3. The molecule has 0 aromatic carbocycles. The Balaban J connectivity index is 2.22. The van der Waals surface area contributed by atoms with Gasteiger partial charge in [-0.1, -0.05) is 13.8 Å². The molecule has 0 saturated heterocycles. The fourth-order valence-electron chi connectivity index (χ4n) is 2.75. The first kappa shape index (κ1) is 14.8. The molecule has 110 valence electrons. The molecule has 0 aliphatic heterocycles. The maximum absolute atomic E-state index is 6.12. The van der Waals surface area contributed by atoms with Gasteiger partial charge < -0.3 is 5.73 Å². The number of nitrogens with two attached hydrogens (primary N) is 1. The maximum Gasteiger partial charge on any atom is 0.0672 e. The minimum Gasteiger partial charge on any atom is -0.324 e. The maximum atomic E-state index is 6.12. The van der Waals surface area contributed by atoms with Crippen LogP contribution in [0.25, 0.3) is 0 Å². The van der Waals surface area contributed by atoms with Crippen molar-refractivity contribution in [1.29, 1.82) is 0 Å². The summed E-state index contributed by atoms with van der Waals surface area (Å²) >= 11 is 0. The van der Waals surface area contributed by atoms with Crippen LogP contribution >= 0.6 is 0 Å². The number of nitrogens with zero attached hydrogens (tertiary/aromatic N) is 4. The SMILES string of the molecule is CCc1nn(CCc2cnn(C)c2)c(CC)c1C(C)N. The Morgan fingerprint density at radius 1 is 1.30 bits per heavy atom. The van der Waals surface area contributed by atoms with Gasteiger partial charge in [-0.15, -0.1) is 0 Å². The average molecular weight is 275 g/mol. The molecule has 2 aromatic rings. The van der Waals surface area contributed by atoms with Gasteiger partial charge in [0.1, 0.15) is 0 Å². The minimum absolute atomic E-state index is 0.0482. The molecule has 2 N–H and O–H groups in total. The molecule has 20 heavy (non-hydrogen) atoms. The summed E-state index contributed by atoms with van der Waals surface area (Å²) in [5, 5.41) is 8.96. The molecule has 2 heterocycles. The molecule has 0 radical (unpaired) electrons. The molecule has 0 bridgehead atoms. The molecule has 0 spiro atoms. The Morgan fingerprint density at radius 3 is 2.55 bits per heavy atom. The van der Waals surface area contributed by atoms with Crippen LogP contribution in [-0.4, -0.2) is 19.6 Å². The fourth-order valence-corrected chi connectivity index (χ4v) is 2.75. The van der Waals surface area contributed by atoms with E-state index < -0.39 is 0 Å². The molecule has 5 heteroatoms. The average Bonchev–Trinajstić information content (AvgIpc) is 2.99. The first-order chi connectivity index (χ1) is 9.56. The second-order valence-corrected chi connectivity index (χ2v) is 5.30. The monoisotopic (exact) mass is 275 g/mol. The predicted octanol–water partition coefficient (Wildman–Crippen LogP) is 2.00. The van der Waals surface area contributed by atoms with Crippen LogP contribution in [0.5, 0.6) is 0 Å². The minimum atomic E-state index is 0.0482. The quantitative estimate of drug-likeness (QED) is 0.877. The lowest BCUT2D eigenvalue weighted by Gasteiger charge is -2.10. The molecule has 1 atom stereocenters. The highest BCUT2D eigenvalue weighted by Gasteiger charge is 2.18. The summed E-state index contributed by atoms with van der Waals surface area (Å²) in [5.41, 5.74) is 11.0. The molecule has 0 fully saturated rings. The second kappa shape index (κ2) is 6.22. The Labute approximate surface area is 120 Å². The first-order valence-corrected chi connectivity index (χ1v) is 7.38. The zero-order valence-corrected chi connectivity index (χ0v) is 12.9. The highest BCUT2D eigenvalue weighted by molar-refractivity contribution is 5.29. The van der Waals surface area contributed by atoms with Gasteiger partial charge in [0.25, 0.3) is 0 Å². The van der Waals surface area contributed by atoms with Crippen molar-refractivity contribution in [3.05, 3.63) is 34.9 Å². The van der Waals surface area contributed by atoms with Crippen LogP contribution in [0.1, 0.15) is 49.3 Å². The summed E-state index contributed by atoms with van der Waals surface area (Å²) in [7, 11) is 1.94. The standard InChI is InChI=1S/C15H25N5/c1-5-13-15(11(3)16)14(6-2)20(18-13)8-7-12-9-17-19(4)10-12/h9-11H,5-8,16H2,1-4H3. The van der Waals surface area contributed by atoms with E-state index in [2.05, 4.69) is 29.8 Å². The number of hydrogen-bond donors (Lipinski definition) is 1. The van der Waals surface area contributed by atoms with Crippen molar-refractivity contribution in [3.8, 4) is 0 Å². The lowest BCUT2D eigenvalue weighted by molar-refractivity contribution is 0.579. The predicted molar refractivity (Wildman–Crippen MR) is 80.5 cm³/mol. The summed E-state index contributed by atoms with van der Waals surface area (Å²) in [6.07, 6.45) is 6.83. The summed E-state index contributed by atoms with van der Waals surface area (Å²) in [6.45, 7) is 7.23. The Morgan fingerprint density at radius 2 is 2.05 bits per heavy atom. The van der Waals surface area contributed by atoms with Crippen molar-refractivity contribution in [2.24, 2.45) is 12.8 Å². The topological polar surface area (TPSA) is 61.7 Å². The molecular weight excluding hydrogens is 250 g/mol. The summed E-state index contributed by atoms with van der Waals surface area (Å²) in [4.78, 5) is 0. The van der Waals surface area contributed by atoms with Gasteiger partial charge in [0.05, 0.1) is 11.9 Å². The van der Waals surface area contributed by atoms with E-state index in [0.717, 1.165) is 31.5 Å². The first-order valence-electron chi connectivity index (χ1n) is 7.38. The van der Waals surface area contributed by atoms with Crippen LogP contribution < -0.4 is 5.73 Å². The van der Waals surface area contributed by atoms with Gasteiger partial charge in [0.2, 0.25) is 0 Å². The van der Waals surface area contributed by atoms with Crippen LogP contribution in [-0.2, 0) is 32.9 Å². The van der Waals surface area contributed by atoms with Gasteiger partial charge in [-0.25, -0.2) is 0 Å². The molecular formula is C15H25N5. The molecule has 1 unspecified atom stereocenters. The second-order valence-electron chi connectivity index (χ2n) is 5.30. The molecule has 5 nitrogen and oxygen atoms in total. The Kier molecular flexibility index (Phi) is 4.60. The van der Waals surface area contributed by atoms with Gasteiger partial charge in [0.15, 0.2) is 0 Å². The Hall–Kier alpha value is -1.62. The van der Waals surface area contributed by atoms with Crippen molar-refractivity contribution in [1.82, 2.24) is 19.6 Å². The number of aryl methyl sites for hydroxylation is 4. The van der Waals surface area contributed by atoms with Crippen LogP contribution in [0.4, 0.5) is 0 Å². The third-order valence-corrected chi connectivity index (χ3v) is 3.67. The number of hydrogen-bond acceptors (Lipinski definition) is 3. The van der Waals surface area contributed by atoms with Crippen LogP contribution in [0, 0.1) is 0 Å². The van der Waals surface area contributed by atoms with Gasteiger partial charge in [-0.05, 0) is 31.7 Å². The van der Waals surface area contributed by atoms with Gasteiger partial charge in [0, 0.05) is 37.1 Å². The largest absolute Gasteiger partial charge is 0.324 e. The molecule has 0 aliphatic carbocycles. The van der Waals surface area contributed by atoms with Crippen molar-refractivity contribution < 1.29 is 0 Å². The van der Waals surface area contributed by atoms with Crippen LogP contribution in [0.15, 0.2) is 12.4 Å². The fraction of sp³-hybridized carbons (Fsp3) is 0.600. The Bertz CT molecular complexity index is 565. The summed E-state index contributed by atoms with van der Waals surface area (Å²) < 4.78 is 3.97. The third-order valence-electron chi connectivity index (χ3n) is 3.67. The van der Waals surface area contributed by atoms with Crippen molar-refractivity contribution >= 4 is 0 Å². The van der Waals surface area contributed by atoms with Crippen LogP contribution in [0.3, 0.4) is 0 Å². The lowest BCUT2D eigenvalue weighted by atomic mass is 10.0. The van der Waals surface area contributed by atoms with Crippen molar-refractivity contribution in [2.75, 3.05) is 0 Å². The van der Waals surface area contributed by atoms with Gasteiger partial charge in [-0.2, -0.15) is 10.2 Å². The van der Waals surface area contributed by atoms with Crippen LogP contribution in [0.2, 0.25) is 0 Å². The molecule has 0 aliphatic rings. The number of rotatable bonds is 6. The highest BCUT2D eigenvalue weighted by Crippen LogP contribution is 2.22. The summed E-state index contributed by atoms with van der Waals surface area (Å²) in [6, 6.07) is 0.0482. The van der Waals surface area contributed by atoms with E-state index in [9.17, 15) is 0 Å². The van der Waals surface area contributed by atoms with E-state index in [1.165, 1.54) is 16.8 Å². The molecule has 0 saturated carbocycles. The van der Waals surface area contributed by atoms with Gasteiger partial charge >= 0.3 is 0 Å². The molecule has 2 aromatic heterocycles. The zero-order valence-electron chi connectivity index (χ0n) is 12.9. The van der Waals surface area contributed by atoms with E-state index in [1.807, 2.05) is 24.9 Å². The van der Waals surface area contributed by atoms with E-state index in [-0.39, 0.29) is 6.04 Å². The van der Waals surface area contributed by atoms with E-state index >= 15 is 0 Å². The van der Waals surface area contributed by atoms with Gasteiger partial charge in [-0.3, -0.25) is 9.36 Å². The third kappa shape index (κ3) is 2.93. The van der Waals surface area contributed by atoms with E-state index in [4.69, 9.17) is 10.8 Å². The van der Waals surface area contributed by atoms with E-state index in [0.29, 0.717) is 0 Å². The van der Waals surface area contributed by atoms with E-state index in [1.54, 1.807) is 0 Å². The molecule has 2 rings (SSSR count).